The Kier molecular flexibility index (Phi) is 4.36. The van der Waals surface area contributed by atoms with Crippen molar-refractivity contribution >= 4 is 29.1 Å². The molecule has 1 saturated heterocycles. The van der Waals surface area contributed by atoms with E-state index in [1.165, 1.54) is 0 Å². The summed E-state index contributed by atoms with van der Waals surface area (Å²) in [6.45, 7) is 4.13. The Morgan fingerprint density at radius 2 is 2.11 bits per heavy atom. The first-order chi connectivity index (χ1) is 8.58. The van der Waals surface area contributed by atoms with Crippen LogP contribution in [-0.4, -0.2) is 23.6 Å². The first kappa shape index (κ1) is 13.5. The number of piperidine rings is 1. The molecule has 1 atom stereocenters. The predicted molar refractivity (Wildman–Crippen MR) is 71.8 cm³/mol. The third kappa shape index (κ3) is 3.09. The van der Waals surface area contributed by atoms with Crippen LogP contribution in [0.2, 0.25) is 10.0 Å². The number of hydrogen-bond acceptors (Lipinski definition) is 2. The van der Waals surface area contributed by atoms with Crippen LogP contribution in [0, 0.1) is 6.92 Å². The highest BCUT2D eigenvalue weighted by molar-refractivity contribution is 6.42. The second kappa shape index (κ2) is 5.81. The van der Waals surface area contributed by atoms with E-state index in [0.29, 0.717) is 22.3 Å². The smallest absolute Gasteiger partial charge is 0.225 e. The van der Waals surface area contributed by atoms with Gasteiger partial charge in [-0.3, -0.25) is 4.79 Å². The fraction of sp³-hybridized carbons (Fsp3) is 0.385. The minimum Gasteiger partial charge on any atom is -0.470 e. The monoisotopic (exact) mass is 286 g/mol. The van der Waals surface area contributed by atoms with Gasteiger partial charge in [-0.25, -0.2) is 0 Å². The molecule has 1 unspecified atom stereocenters. The number of nitrogens with zero attached hydrogens (tertiary/aromatic N) is 1. The number of carbonyl (C=O) groups is 1. The van der Waals surface area contributed by atoms with E-state index in [4.69, 9.17) is 27.9 Å². The van der Waals surface area contributed by atoms with Gasteiger partial charge in [0.2, 0.25) is 5.91 Å². The lowest BCUT2D eigenvalue weighted by Crippen LogP contribution is -2.45. The van der Waals surface area contributed by atoms with Crippen LogP contribution in [0.25, 0.3) is 0 Å². The fourth-order valence-corrected chi connectivity index (χ4v) is 2.30. The molecule has 5 heteroatoms. The molecule has 0 aliphatic carbocycles. The maximum absolute atomic E-state index is 11.4. The fourth-order valence-electron chi connectivity index (χ4n) is 2.02. The van der Waals surface area contributed by atoms with Gasteiger partial charge >= 0.3 is 0 Å². The molecule has 1 radical (unpaired) electrons. The molecule has 0 aromatic heterocycles. The molecule has 1 fully saturated rings. The average Bonchev–Trinajstić information content (AvgIpc) is 2.34. The summed E-state index contributed by atoms with van der Waals surface area (Å²) in [6.07, 6.45) is 2.57. The van der Waals surface area contributed by atoms with Crippen LogP contribution < -0.4 is 4.74 Å². The molecule has 1 aliphatic rings. The van der Waals surface area contributed by atoms with Crippen molar-refractivity contribution in [2.24, 2.45) is 0 Å². The highest BCUT2D eigenvalue weighted by Crippen LogP contribution is 2.28. The minimum atomic E-state index is -0.263. The summed E-state index contributed by atoms with van der Waals surface area (Å²) in [4.78, 5) is 13.1. The molecule has 1 aliphatic heterocycles. The van der Waals surface area contributed by atoms with Crippen molar-refractivity contribution < 1.29 is 9.53 Å². The Hall–Kier alpha value is -0.930. The minimum absolute atomic E-state index is 0.209. The number of ether oxygens (including phenoxy) is 1. The van der Waals surface area contributed by atoms with Gasteiger partial charge in [0.05, 0.1) is 10.0 Å². The molecule has 97 valence electrons. The number of likely N-dealkylation sites (tertiary alicyclic amines) is 1. The molecule has 1 aromatic rings. The van der Waals surface area contributed by atoms with E-state index in [2.05, 4.69) is 6.92 Å². The summed E-state index contributed by atoms with van der Waals surface area (Å²) in [5.41, 5.74) is 0. The zero-order chi connectivity index (χ0) is 13.1. The lowest BCUT2D eigenvalue weighted by atomic mass is 10.1. The van der Waals surface area contributed by atoms with E-state index in [9.17, 15) is 4.79 Å². The van der Waals surface area contributed by atoms with E-state index < -0.39 is 0 Å². The van der Waals surface area contributed by atoms with Crippen molar-refractivity contribution in [3.8, 4) is 5.75 Å². The van der Waals surface area contributed by atoms with E-state index in [1.54, 1.807) is 23.1 Å². The molecule has 1 heterocycles. The van der Waals surface area contributed by atoms with Crippen LogP contribution >= 0.6 is 23.2 Å². The van der Waals surface area contributed by atoms with Crippen molar-refractivity contribution in [2.45, 2.75) is 25.5 Å². The van der Waals surface area contributed by atoms with Crippen molar-refractivity contribution in [3.63, 3.8) is 0 Å². The van der Waals surface area contributed by atoms with Gasteiger partial charge in [-0.05, 0) is 25.0 Å². The number of amides is 1. The van der Waals surface area contributed by atoms with Gasteiger partial charge in [-0.2, -0.15) is 0 Å². The Morgan fingerprint density at radius 3 is 2.78 bits per heavy atom. The van der Waals surface area contributed by atoms with Crippen molar-refractivity contribution in [3.05, 3.63) is 35.2 Å². The van der Waals surface area contributed by atoms with Crippen molar-refractivity contribution in [2.75, 3.05) is 6.54 Å². The summed E-state index contributed by atoms with van der Waals surface area (Å²) >= 11 is 11.8. The van der Waals surface area contributed by atoms with E-state index in [0.717, 1.165) is 19.3 Å². The molecule has 0 saturated carbocycles. The average molecular weight is 287 g/mol. The van der Waals surface area contributed by atoms with Crippen molar-refractivity contribution in [1.29, 1.82) is 0 Å². The van der Waals surface area contributed by atoms with Gasteiger partial charge < -0.3 is 9.64 Å². The van der Waals surface area contributed by atoms with Gasteiger partial charge in [0, 0.05) is 26.0 Å². The standard InChI is InChI=1S/C13H14Cl2NO2/c1-9(17)16-7-3-2-4-13(16)18-10-5-6-11(14)12(15)8-10/h5-6,8,13H,1-4,7H2. The number of benzene rings is 1. The maximum atomic E-state index is 11.4. The van der Waals surface area contributed by atoms with Gasteiger partial charge in [0.15, 0.2) is 6.23 Å². The van der Waals surface area contributed by atoms with Gasteiger partial charge in [0.1, 0.15) is 5.75 Å². The molecule has 1 amide bonds. The molecular weight excluding hydrogens is 273 g/mol. The predicted octanol–water partition coefficient (Wildman–Crippen LogP) is 3.54. The molecule has 1 aromatic carbocycles. The topological polar surface area (TPSA) is 29.5 Å². The third-order valence-electron chi connectivity index (χ3n) is 2.93. The summed E-state index contributed by atoms with van der Waals surface area (Å²) < 4.78 is 5.79. The first-order valence-electron chi connectivity index (χ1n) is 5.82. The molecule has 0 spiro atoms. The highest BCUT2D eigenvalue weighted by atomic mass is 35.5. The third-order valence-corrected chi connectivity index (χ3v) is 3.67. The van der Waals surface area contributed by atoms with Gasteiger partial charge in [0.25, 0.3) is 0 Å². The summed E-state index contributed by atoms with van der Waals surface area (Å²) in [7, 11) is 0. The second-order valence-electron chi connectivity index (χ2n) is 4.23. The number of carbonyl (C=O) groups excluding carboxylic acids is 1. The summed E-state index contributed by atoms with van der Waals surface area (Å²) in [6, 6.07) is 5.08. The molecule has 3 nitrogen and oxygen atoms in total. The Labute approximate surface area is 117 Å². The normalized spacial score (nSPS) is 19.7. The molecule has 18 heavy (non-hydrogen) atoms. The lowest BCUT2D eigenvalue weighted by molar-refractivity contribution is -0.137. The zero-order valence-corrected chi connectivity index (χ0v) is 11.4. The molecule has 0 bridgehead atoms. The van der Waals surface area contributed by atoms with Crippen LogP contribution in [0.4, 0.5) is 0 Å². The molecule has 0 N–H and O–H groups in total. The van der Waals surface area contributed by atoms with E-state index in [1.807, 2.05) is 0 Å². The SMILES string of the molecule is [CH2]C(=O)N1CCCCC1Oc1ccc(Cl)c(Cl)c1. The quantitative estimate of drug-likeness (QED) is 0.832. The zero-order valence-electron chi connectivity index (χ0n) is 9.86. The van der Waals surface area contributed by atoms with E-state index in [-0.39, 0.29) is 12.1 Å². The molecular formula is C13H14Cl2NO2. The highest BCUT2D eigenvalue weighted by Gasteiger charge is 2.25. The van der Waals surface area contributed by atoms with Crippen molar-refractivity contribution in [1.82, 2.24) is 4.90 Å². The maximum Gasteiger partial charge on any atom is 0.225 e. The van der Waals surface area contributed by atoms with Gasteiger partial charge in [-0.1, -0.05) is 23.2 Å². The Bertz CT molecular complexity index is 451. The van der Waals surface area contributed by atoms with Crippen LogP contribution in [-0.2, 0) is 4.79 Å². The number of halogens is 2. The van der Waals surface area contributed by atoms with Crippen LogP contribution in [0.5, 0.6) is 5.75 Å². The van der Waals surface area contributed by atoms with Gasteiger partial charge in [-0.15, -0.1) is 0 Å². The summed E-state index contributed by atoms with van der Waals surface area (Å²) in [5.74, 6) is 0.405. The van der Waals surface area contributed by atoms with Crippen LogP contribution in [0.15, 0.2) is 18.2 Å². The number of hydrogen-bond donors (Lipinski definition) is 0. The Balaban J connectivity index is 2.10. The lowest BCUT2D eigenvalue weighted by Gasteiger charge is -2.34. The first-order valence-corrected chi connectivity index (χ1v) is 6.58. The molecule has 2 rings (SSSR count). The second-order valence-corrected chi connectivity index (χ2v) is 5.05. The summed E-state index contributed by atoms with van der Waals surface area (Å²) in [5, 5.41) is 0.926. The van der Waals surface area contributed by atoms with E-state index >= 15 is 0 Å². The largest absolute Gasteiger partial charge is 0.470 e. The Morgan fingerprint density at radius 1 is 1.33 bits per heavy atom. The van der Waals surface area contributed by atoms with Crippen LogP contribution in [0.1, 0.15) is 19.3 Å². The van der Waals surface area contributed by atoms with Crippen LogP contribution in [0.3, 0.4) is 0 Å². The number of rotatable bonds is 2.